The zero-order valence-corrected chi connectivity index (χ0v) is 52.8. The Labute approximate surface area is 563 Å². The van der Waals surface area contributed by atoms with Gasteiger partial charge in [0, 0.05) is 86.4 Å². The van der Waals surface area contributed by atoms with Crippen molar-refractivity contribution >= 4 is 147 Å². The molecule has 0 saturated carbocycles. The number of H-pyrrole nitrogens is 1. The quantitative estimate of drug-likeness (QED) is 0.171. The molecule has 468 valence electrons. The Hall–Kier alpha value is -12.3. The number of para-hydroxylation sites is 8. The maximum absolute atomic E-state index is 13.2. The highest BCUT2D eigenvalue weighted by Gasteiger charge is 2.23. The molecule has 0 unspecified atom stereocenters. The van der Waals surface area contributed by atoms with Crippen LogP contribution in [0.2, 0.25) is 0 Å². The number of nitrogens with zero attached hydrogens (tertiary/aromatic N) is 7. The molecule has 97 heavy (non-hydrogen) atoms. The van der Waals surface area contributed by atoms with E-state index in [4.69, 9.17) is 13.9 Å². The van der Waals surface area contributed by atoms with Crippen molar-refractivity contribution in [2.24, 2.45) is 0 Å². The van der Waals surface area contributed by atoms with Gasteiger partial charge in [0.15, 0.2) is 0 Å². The zero-order chi connectivity index (χ0) is 63.6. The minimum atomic E-state index is -0.380. The molecule has 0 spiro atoms. The minimum Gasteiger partial charge on any atom is -0.422 e. The van der Waals surface area contributed by atoms with Crippen molar-refractivity contribution in [2.75, 3.05) is 0 Å². The third kappa shape index (κ3) is 9.56. The lowest BCUT2D eigenvalue weighted by molar-refractivity contribution is 0.569. The summed E-state index contributed by atoms with van der Waals surface area (Å²) >= 11 is 3.47. The number of aryl methyl sites for hydroxylation is 2. The fourth-order valence-corrected chi connectivity index (χ4v) is 14.7. The third-order valence-corrected chi connectivity index (χ3v) is 18.9. The van der Waals surface area contributed by atoms with E-state index in [0.29, 0.717) is 33.3 Å². The molecule has 13 heteroatoms. The maximum atomic E-state index is 13.2. The topological polar surface area (TPSA) is 127 Å². The van der Waals surface area contributed by atoms with Crippen molar-refractivity contribution in [1.82, 2.24) is 38.2 Å². The summed E-state index contributed by atoms with van der Waals surface area (Å²) in [6.07, 6.45) is 0. The van der Waals surface area contributed by atoms with Gasteiger partial charge in [-0.3, -0.25) is 0 Å². The van der Waals surface area contributed by atoms with E-state index in [0.717, 1.165) is 65.4 Å². The average molecular weight is 1330 g/mol. The van der Waals surface area contributed by atoms with Crippen LogP contribution in [0.4, 0.5) is 0 Å². The van der Waals surface area contributed by atoms with E-state index in [1.165, 1.54) is 76.5 Å². The minimum absolute atomic E-state index is 0. The lowest BCUT2D eigenvalue weighted by Gasteiger charge is -2.11. The van der Waals surface area contributed by atoms with Crippen molar-refractivity contribution < 1.29 is 8.83 Å². The summed E-state index contributed by atoms with van der Waals surface area (Å²) < 4.78 is 22.9. The molecule has 0 amide bonds. The van der Waals surface area contributed by atoms with Crippen LogP contribution in [-0.4, -0.2) is 38.2 Å². The smallest absolute Gasteiger partial charge is 0.347 e. The van der Waals surface area contributed by atoms with Gasteiger partial charge >= 0.3 is 11.3 Å². The molecular weight excluding hydrogens is 1260 g/mol. The van der Waals surface area contributed by atoms with Crippen LogP contribution in [0.3, 0.4) is 0 Å². The van der Waals surface area contributed by atoms with Crippen molar-refractivity contribution in [2.45, 2.75) is 28.7 Å². The van der Waals surface area contributed by atoms with Crippen LogP contribution in [0.25, 0.3) is 159 Å². The molecule has 0 aliphatic heterocycles. The van der Waals surface area contributed by atoms with Crippen molar-refractivity contribution in [3.05, 3.63) is 316 Å². The summed E-state index contributed by atoms with van der Waals surface area (Å²) in [5, 5.41) is 22.0. The Bertz CT molecular complexity index is 6540. The van der Waals surface area contributed by atoms with E-state index >= 15 is 0 Å². The Morgan fingerprint density at radius 3 is 1.13 bits per heavy atom. The van der Waals surface area contributed by atoms with E-state index in [1.807, 2.05) is 103 Å². The number of benzene rings is 12. The predicted octanol–water partition coefficient (Wildman–Crippen LogP) is 21.5. The Morgan fingerprint density at radius 1 is 0.320 bits per heavy atom. The highest BCUT2D eigenvalue weighted by molar-refractivity contribution is 9.10. The zero-order valence-electron chi connectivity index (χ0n) is 51.2. The number of halogens is 1. The van der Waals surface area contributed by atoms with Gasteiger partial charge in [-0.25, -0.2) is 19.0 Å². The molecule has 0 fully saturated rings. The average Bonchev–Trinajstić information content (AvgIpc) is 1.46. The first-order valence-electron chi connectivity index (χ1n) is 31.4. The van der Waals surface area contributed by atoms with Gasteiger partial charge < -0.3 is 27.5 Å². The molecule has 0 aliphatic rings. The van der Waals surface area contributed by atoms with Crippen LogP contribution < -0.4 is 11.3 Å². The first-order valence-corrected chi connectivity index (χ1v) is 32.2. The van der Waals surface area contributed by atoms with Gasteiger partial charge in [-0.05, 0) is 147 Å². The number of fused-ring (bicyclic) bond motifs is 18. The lowest BCUT2D eigenvalue weighted by atomic mass is 10.1. The van der Waals surface area contributed by atoms with Crippen LogP contribution in [0.15, 0.2) is 302 Å². The largest absolute Gasteiger partial charge is 0.422 e. The Balaban J connectivity index is 0.000000125. The molecule has 20 rings (SSSR count). The molecule has 8 heterocycles. The van der Waals surface area contributed by atoms with Gasteiger partial charge in [0.05, 0.1) is 66.9 Å². The number of aromatic nitrogens is 8. The molecule has 0 bridgehead atoms. The van der Waals surface area contributed by atoms with Gasteiger partial charge in [0.25, 0.3) is 0 Å². The predicted molar refractivity (Wildman–Crippen MR) is 404 cm³/mol. The number of rotatable bonds is 5. The van der Waals surface area contributed by atoms with Gasteiger partial charge in [0.1, 0.15) is 21.9 Å². The van der Waals surface area contributed by atoms with Crippen LogP contribution in [0.5, 0.6) is 0 Å². The summed E-state index contributed by atoms with van der Waals surface area (Å²) in [5.74, 6) is 0. The second-order valence-corrected chi connectivity index (χ2v) is 24.8. The van der Waals surface area contributed by atoms with Crippen LogP contribution >= 0.6 is 15.9 Å². The van der Waals surface area contributed by atoms with Crippen LogP contribution in [-0.2, 0) is 0 Å². The van der Waals surface area contributed by atoms with Crippen molar-refractivity contribution in [1.29, 1.82) is 0 Å². The van der Waals surface area contributed by atoms with E-state index < -0.39 is 0 Å². The Kier molecular flexibility index (Phi) is 14.5. The van der Waals surface area contributed by atoms with E-state index in [-0.39, 0.29) is 26.1 Å². The van der Waals surface area contributed by atoms with Crippen molar-refractivity contribution in [3.8, 4) is 28.4 Å². The second-order valence-electron chi connectivity index (χ2n) is 23.9. The summed E-state index contributed by atoms with van der Waals surface area (Å²) in [6, 6.07) is 96.2. The fraction of sp³-hybridized carbons (Fsp3) is 0.0476. The standard InChI is InChI=1S/C41H26N4O2.C24H16N2.C17H11BrN2O2.2CH4/c1-25-39-40(45(42-25)26-11-3-2-4-12-26)33-24-28(20-22-38(33)47-41(39)46)44-36-18-10-7-15-31(36)32-23-27(19-21-37(32)44)43-34-16-8-5-13-29(34)30-14-6-9-17-35(30)43;1-4-10-21-17(7-1)20-15-16(13-14-22(20)25-21)26-23-11-5-2-8-18(23)19-9-3-6-12-24(19)26;1-10-15-16(20(19-10)12-5-3-2-4-6-12)13-9-11(18)7-8-14(13)22-17(15)21;;/h2-24H,1H3;1-15,25H;2-9H,1H3;2*1H4. The van der Waals surface area contributed by atoms with Gasteiger partial charge in [-0.15, -0.1) is 0 Å². The third-order valence-electron chi connectivity index (χ3n) is 18.4. The van der Waals surface area contributed by atoms with Crippen LogP contribution in [0, 0.1) is 13.8 Å². The first-order chi connectivity index (χ1) is 46.7. The SMILES string of the molecule is C.C.Cc1nn(-c2ccccc2)c2c1c(=O)oc1ccc(-n3c4ccccc4c4cc(-n5c6ccccc6c6ccccc65)ccc43)cc12.Cc1nn(-c2ccccc2)c2c1c(=O)oc1ccc(Br)cc12.c1ccc2c(c1)[nH]c1ccc(-n3c4ccccc4c4ccccc43)cc12. The number of nitrogens with one attached hydrogen (secondary N) is 1. The van der Waals surface area contributed by atoms with E-state index in [2.05, 4.69) is 228 Å². The summed E-state index contributed by atoms with van der Waals surface area (Å²) in [5.41, 5.74) is 17.6. The summed E-state index contributed by atoms with van der Waals surface area (Å²) in [6.45, 7) is 3.68. The maximum Gasteiger partial charge on any atom is 0.347 e. The molecule has 1 N–H and O–H groups in total. The van der Waals surface area contributed by atoms with Gasteiger partial charge in [0.2, 0.25) is 0 Å². The molecule has 0 atom stereocenters. The van der Waals surface area contributed by atoms with E-state index in [1.54, 1.807) is 10.7 Å². The number of hydrogen-bond donors (Lipinski definition) is 1. The molecule has 0 radical (unpaired) electrons. The summed E-state index contributed by atoms with van der Waals surface area (Å²) in [4.78, 5) is 29.0. The fourth-order valence-electron chi connectivity index (χ4n) is 14.3. The monoisotopic (exact) mass is 1320 g/mol. The molecule has 8 aromatic heterocycles. The molecule has 12 aromatic carbocycles. The second kappa shape index (κ2) is 23.6. The normalized spacial score (nSPS) is 11.6. The molecule has 12 nitrogen and oxygen atoms in total. The molecular formula is C84H61BrN8O4. The highest BCUT2D eigenvalue weighted by Crippen LogP contribution is 2.40. The number of aromatic amines is 1. The van der Waals surface area contributed by atoms with Gasteiger partial charge in [-0.2, -0.15) is 10.2 Å². The van der Waals surface area contributed by atoms with Crippen molar-refractivity contribution in [3.63, 3.8) is 0 Å². The van der Waals surface area contributed by atoms with E-state index in [9.17, 15) is 9.59 Å². The summed E-state index contributed by atoms with van der Waals surface area (Å²) in [7, 11) is 0. The molecule has 0 saturated heterocycles. The number of hydrogen-bond acceptors (Lipinski definition) is 6. The first kappa shape index (κ1) is 59.7. The molecule has 0 aliphatic carbocycles. The lowest BCUT2D eigenvalue weighted by Crippen LogP contribution is -2.03. The van der Waals surface area contributed by atoms with Crippen LogP contribution in [0.1, 0.15) is 26.2 Å². The Morgan fingerprint density at radius 2 is 0.660 bits per heavy atom. The highest BCUT2D eigenvalue weighted by atomic mass is 79.9. The molecule has 20 aromatic rings. The van der Waals surface area contributed by atoms with Gasteiger partial charge in [-0.1, -0.05) is 176 Å².